The van der Waals surface area contributed by atoms with Gasteiger partial charge in [-0.1, -0.05) is 31.3 Å². The molecule has 0 saturated heterocycles. The van der Waals surface area contributed by atoms with Crippen LogP contribution in [0.2, 0.25) is 0 Å². The highest BCUT2D eigenvalue weighted by atomic mass is 32.1. The molecule has 0 bridgehead atoms. The van der Waals surface area contributed by atoms with Crippen LogP contribution in [0.25, 0.3) is 0 Å². The molecule has 0 aliphatic heterocycles. The minimum Gasteiger partial charge on any atom is -0.497 e. The second kappa shape index (κ2) is 8.53. The molecule has 0 spiro atoms. The van der Waals surface area contributed by atoms with E-state index < -0.39 is 0 Å². The Morgan fingerprint density at radius 1 is 1.40 bits per heavy atom. The van der Waals surface area contributed by atoms with Crippen molar-refractivity contribution in [2.45, 2.75) is 38.6 Å². The van der Waals surface area contributed by atoms with Crippen molar-refractivity contribution in [3.05, 3.63) is 29.8 Å². The number of nitrogens with two attached hydrogens (primary N) is 1. The number of thiocarbonyl (C=S) groups is 1. The first-order valence-corrected chi connectivity index (χ1v) is 7.16. The summed E-state index contributed by atoms with van der Waals surface area (Å²) in [6, 6.07) is 7.77. The molecular weight excluding hydrogens is 272 g/mol. The summed E-state index contributed by atoms with van der Waals surface area (Å²) in [6.45, 7) is 2.01. The number of amides is 1. The Balaban J connectivity index is 2.39. The van der Waals surface area contributed by atoms with E-state index in [0.29, 0.717) is 24.3 Å². The smallest absolute Gasteiger partial charge is 0.220 e. The minimum atomic E-state index is 0.0314. The number of carbonyl (C=O) groups excluding carboxylic acids is 1. The van der Waals surface area contributed by atoms with E-state index in [-0.39, 0.29) is 11.9 Å². The highest BCUT2D eigenvalue weighted by molar-refractivity contribution is 7.80. The fourth-order valence-electron chi connectivity index (χ4n) is 1.89. The molecule has 0 radical (unpaired) electrons. The molecule has 1 amide bonds. The van der Waals surface area contributed by atoms with Crippen LogP contribution in [0.5, 0.6) is 5.75 Å². The van der Waals surface area contributed by atoms with Crippen molar-refractivity contribution in [2.24, 2.45) is 5.73 Å². The van der Waals surface area contributed by atoms with Crippen molar-refractivity contribution in [2.75, 3.05) is 7.11 Å². The topological polar surface area (TPSA) is 64.3 Å². The largest absolute Gasteiger partial charge is 0.497 e. The molecule has 5 heteroatoms. The summed E-state index contributed by atoms with van der Waals surface area (Å²) < 4.78 is 5.10. The maximum atomic E-state index is 11.9. The van der Waals surface area contributed by atoms with E-state index in [2.05, 4.69) is 5.32 Å². The van der Waals surface area contributed by atoms with Crippen molar-refractivity contribution in [3.8, 4) is 5.75 Å². The molecule has 1 rings (SSSR count). The highest BCUT2D eigenvalue weighted by Crippen LogP contribution is 2.12. The third-order valence-corrected chi connectivity index (χ3v) is 3.27. The second-order valence-electron chi connectivity index (χ2n) is 4.69. The van der Waals surface area contributed by atoms with E-state index in [1.807, 2.05) is 31.2 Å². The fourth-order valence-corrected chi connectivity index (χ4v) is 2.09. The van der Waals surface area contributed by atoms with Gasteiger partial charge in [0.05, 0.1) is 12.1 Å². The van der Waals surface area contributed by atoms with Crippen LogP contribution in [0.1, 0.15) is 31.7 Å². The summed E-state index contributed by atoms with van der Waals surface area (Å²) in [7, 11) is 1.63. The summed E-state index contributed by atoms with van der Waals surface area (Å²) in [4.78, 5) is 12.3. The molecule has 0 heterocycles. The van der Waals surface area contributed by atoms with E-state index in [9.17, 15) is 4.79 Å². The molecule has 110 valence electrons. The van der Waals surface area contributed by atoms with Crippen LogP contribution in [-0.2, 0) is 11.2 Å². The fraction of sp³-hybridized carbons (Fsp3) is 0.467. The summed E-state index contributed by atoms with van der Waals surface area (Å²) in [5.74, 6) is 0.852. The number of benzene rings is 1. The van der Waals surface area contributed by atoms with Gasteiger partial charge in [0.15, 0.2) is 0 Å². The van der Waals surface area contributed by atoms with Crippen LogP contribution >= 0.6 is 12.2 Å². The van der Waals surface area contributed by atoms with Gasteiger partial charge in [-0.05, 0) is 30.5 Å². The normalized spacial score (nSPS) is 11.7. The van der Waals surface area contributed by atoms with E-state index in [0.717, 1.165) is 17.7 Å². The predicted octanol–water partition coefficient (Wildman–Crippen LogP) is 2.20. The first kappa shape index (κ1) is 16.4. The molecular formula is C15H22N2O2S. The molecule has 1 atom stereocenters. The van der Waals surface area contributed by atoms with Gasteiger partial charge < -0.3 is 15.8 Å². The Bertz CT molecular complexity index is 446. The van der Waals surface area contributed by atoms with Crippen molar-refractivity contribution < 1.29 is 9.53 Å². The summed E-state index contributed by atoms with van der Waals surface area (Å²) in [5.41, 5.74) is 6.62. The predicted molar refractivity (Wildman–Crippen MR) is 84.9 cm³/mol. The van der Waals surface area contributed by atoms with Crippen molar-refractivity contribution in [1.29, 1.82) is 0 Å². The van der Waals surface area contributed by atoms with Gasteiger partial charge in [-0.25, -0.2) is 0 Å². The van der Waals surface area contributed by atoms with Gasteiger partial charge in [0, 0.05) is 18.9 Å². The Hall–Kier alpha value is -1.62. The van der Waals surface area contributed by atoms with Crippen molar-refractivity contribution in [3.63, 3.8) is 0 Å². The van der Waals surface area contributed by atoms with Crippen molar-refractivity contribution in [1.82, 2.24) is 5.32 Å². The quantitative estimate of drug-likeness (QED) is 0.721. The zero-order chi connectivity index (χ0) is 15.0. The summed E-state index contributed by atoms with van der Waals surface area (Å²) in [6.07, 6.45) is 2.55. The number of aryl methyl sites for hydroxylation is 1. The van der Waals surface area contributed by atoms with Crippen LogP contribution < -0.4 is 15.8 Å². The lowest BCUT2D eigenvalue weighted by Gasteiger charge is -2.16. The zero-order valence-corrected chi connectivity index (χ0v) is 12.8. The average molecular weight is 294 g/mol. The lowest BCUT2D eigenvalue weighted by Crippen LogP contribution is -2.37. The maximum absolute atomic E-state index is 11.9. The SMILES string of the molecule is CCC(CC(N)=S)NC(=O)CCc1ccc(OC)cc1. The van der Waals surface area contributed by atoms with Gasteiger partial charge in [-0.2, -0.15) is 0 Å². The lowest BCUT2D eigenvalue weighted by molar-refractivity contribution is -0.121. The molecule has 3 N–H and O–H groups in total. The highest BCUT2D eigenvalue weighted by Gasteiger charge is 2.11. The monoisotopic (exact) mass is 294 g/mol. The molecule has 20 heavy (non-hydrogen) atoms. The summed E-state index contributed by atoms with van der Waals surface area (Å²) >= 11 is 4.87. The Kier molecular flexibility index (Phi) is 7.01. The van der Waals surface area contributed by atoms with E-state index in [1.165, 1.54) is 0 Å². The van der Waals surface area contributed by atoms with Crippen molar-refractivity contribution >= 4 is 23.1 Å². The van der Waals surface area contributed by atoms with Crippen LogP contribution in [0.3, 0.4) is 0 Å². The summed E-state index contributed by atoms with van der Waals surface area (Å²) in [5, 5.41) is 2.96. The van der Waals surface area contributed by atoms with Crippen LogP contribution in [-0.4, -0.2) is 24.0 Å². The number of carbonyl (C=O) groups is 1. The zero-order valence-electron chi connectivity index (χ0n) is 12.0. The minimum absolute atomic E-state index is 0.0314. The third kappa shape index (κ3) is 6.02. The number of nitrogens with one attached hydrogen (secondary N) is 1. The lowest BCUT2D eigenvalue weighted by atomic mass is 10.1. The number of ether oxygens (including phenoxy) is 1. The third-order valence-electron chi connectivity index (χ3n) is 3.11. The number of hydrogen-bond donors (Lipinski definition) is 2. The van der Waals surface area contributed by atoms with E-state index in [4.69, 9.17) is 22.7 Å². The molecule has 1 aromatic rings. The average Bonchev–Trinajstić information content (AvgIpc) is 2.44. The first-order chi connectivity index (χ1) is 9.55. The Morgan fingerprint density at radius 3 is 2.55 bits per heavy atom. The van der Waals surface area contributed by atoms with Crippen LogP contribution in [0.15, 0.2) is 24.3 Å². The van der Waals surface area contributed by atoms with Gasteiger partial charge in [0.1, 0.15) is 5.75 Å². The van der Waals surface area contributed by atoms with E-state index in [1.54, 1.807) is 7.11 Å². The van der Waals surface area contributed by atoms with Gasteiger partial charge >= 0.3 is 0 Å². The van der Waals surface area contributed by atoms with Gasteiger partial charge in [0.25, 0.3) is 0 Å². The molecule has 0 saturated carbocycles. The maximum Gasteiger partial charge on any atom is 0.220 e. The number of rotatable bonds is 8. The Labute approximate surface area is 125 Å². The standard InChI is InChI=1S/C15H22N2O2S/c1-3-12(10-14(16)20)17-15(18)9-6-11-4-7-13(19-2)8-5-11/h4-5,7-8,12H,3,6,9-10H2,1-2H3,(H2,16,20)(H,17,18). The molecule has 0 fully saturated rings. The van der Waals surface area contributed by atoms with Crippen LogP contribution in [0, 0.1) is 0 Å². The molecule has 1 unspecified atom stereocenters. The molecule has 0 aliphatic rings. The first-order valence-electron chi connectivity index (χ1n) is 6.75. The number of methoxy groups -OCH3 is 1. The van der Waals surface area contributed by atoms with Gasteiger partial charge in [-0.15, -0.1) is 0 Å². The number of hydrogen-bond acceptors (Lipinski definition) is 3. The molecule has 1 aromatic carbocycles. The van der Waals surface area contributed by atoms with Crippen LogP contribution in [0.4, 0.5) is 0 Å². The van der Waals surface area contributed by atoms with E-state index >= 15 is 0 Å². The van der Waals surface area contributed by atoms with Gasteiger partial charge in [-0.3, -0.25) is 4.79 Å². The molecule has 0 aromatic heterocycles. The molecule has 0 aliphatic carbocycles. The second-order valence-corrected chi connectivity index (χ2v) is 5.22. The van der Waals surface area contributed by atoms with Gasteiger partial charge in [0.2, 0.25) is 5.91 Å². The Morgan fingerprint density at radius 2 is 2.05 bits per heavy atom. The molecule has 4 nitrogen and oxygen atoms in total.